The maximum absolute atomic E-state index is 10.0. The van der Waals surface area contributed by atoms with Gasteiger partial charge in [0.05, 0.1) is 23.4 Å². The molecule has 1 saturated carbocycles. The van der Waals surface area contributed by atoms with Gasteiger partial charge in [-0.25, -0.2) is 4.98 Å². The molecule has 154 valence electrons. The number of benzene rings is 1. The minimum atomic E-state index is -0.0640. The van der Waals surface area contributed by atoms with Crippen molar-refractivity contribution >= 4 is 11.8 Å². The van der Waals surface area contributed by atoms with E-state index in [2.05, 4.69) is 17.1 Å². The van der Waals surface area contributed by atoms with Crippen molar-refractivity contribution in [2.45, 2.75) is 29.5 Å². The van der Waals surface area contributed by atoms with Crippen molar-refractivity contribution in [3.8, 4) is 29.0 Å². The van der Waals surface area contributed by atoms with Crippen LogP contribution in [0.3, 0.4) is 0 Å². The Kier molecular flexibility index (Phi) is 6.47. The number of pyridine rings is 2. The number of aliphatic hydroxyl groups excluding tert-OH is 1. The molecule has 1 aromatic carbocycles. The van der Waals surface area contributed by atoms with Gasteiger partial charge in [0.25, 0.3) is 0 Å². The molecular weight excluding hydrogens is 408 g/mol. The van der Waals surface area contributed by atoms with E-state index in [0.717, 1.165) is 29.7 Å². The fraction of sp³-hybridized carbons (Fsp3) is 0.250. The largest absolute Gasteiger partial charge is 0.491 e. The Hall–Kier alpha value is -3.39. The highest BCUT2D eigenvalue weighted by Crippen LogP contribution is 2.45. The summed E-state index contributed by atoms with van der Waals surface area (Å²) in [4.78, 5) is 8.93. The third-order valence-electron chi connectivity index (χ3n) is 4.98. The van der Waals surface area contributed by atoms with Gasteiger partial charge in [0.2, 0.25) is 0 Å². The molecule has 6 nitrogen and oxygen atoms in total. The molecule has 0 aliphatic heterocycles. The Balaban J connectivity index is 1.78. The van der Waals surface area contributed by atoms with Crippen LogP contribution in [0, 0.1) is 22.7 Å². The van der Waals surface area contributed by atoms with Crippen molar-refractivity contribution in [2.24, 2.45) is 0 Å². The number of ether oxygens (including phenoxy) is 1. The van der Waals surface area contributed by atoms with Crippen LogP contribution in [-0.4, -0.2) is 28.3 Å². The van der Waals surface area contributed by atoms with Crippen molar-refractivity contribution < 1.29 is 9.84 Å². The van der Waals surface area contributed by atoms with Crippen LogP contribution in [0.4, 0.5) is 0 Å². The standard InChI is InChI=1S/C24H20N4O2S/c25-12-20-22(17-5-7-19(8-6-17)30-11-10-29)21(13-26)24(28-23(20)18-3-4-18)31-15-16-2-1-9-27-14-16/h1-2,5-9,14,18,29H,3-4,10-11,15H2. The average Bonchev–Trinajstić information content (AvgIpc) is 3.67. The molecule has 7 heteroatoms. The number of hydrogen-bond donors (Lipinski definition) is 1. The molecule has 3 aromatic rings. The van der Waals surface area contributed by atoms with Gasteiger partial charge in [-0.3, -0.25) is 4.98 Å². The molecule has 31 heavy (non-hydrogen) atoms. The number of nitriles is 2. The summed E-state index contributed by atoms with van der Waals surface area (Å²) in [5, 5.41) is 29.6. The minimum Gasteiger partial charge on any atom is -0.491 e. The Morgan fingerprint density at radius 2 is 1.87 bits per heavy atom. The second-order valence-corrected chi connectivity index (χ2v) is 8.14. The minimum absolute atomic E-state index is 0.0640. The molecule has 4 rings (SSSR count). The topological polar surface area (TPSA) is 103 Å². The highest BCUT2D eigenvalue weighted by molar-refractivity contribution is 7.98. The first-order valence-corrected chi connectivity index (χ1v) is 11.0. The molecule has 0 unspecified atom stereocenters. The summed E-state index contributed by atoms with van der Waals surface area (Å²) >= 11 is 1.49. The summed E-state index contributed by atoms with van der Waals surface area (Å²) in [6.45, 7) is 0.147. The van der Waals surface area contributed by atoms with Crippen LogP contribution in [0.25, 0.3) is 11.1 Å². The zero-order valence-electron chi connectivity index (χ0n) is 16.8. The lowest BCUT2D eigenvalue weighted by atomic mass is 9.94. The van der Waals surface area contributed by atoms with Crippen molar-refractivity contribution in [2.75, 3.05) is 13.2 Å². The van der Waals surface area contributed by atoms with Crippen LogP contribution < -0.4 is 4.74 Å². The second-order valence-electron chi connectivity index (χ2n) is 7.17. The summed E-state index contributed by atoms with van der Waals surface area (Å²) < 4.78 is 5.44. The van der Waals surface area contributed by atoms with E-state index in [1.165, 1.54) is 11.8 Å². The number of aromatic nitrogens is 2. The van der Waals surface area contributed by atoms with Crippen LogP contribution in [0.15, 0.2) is 53.8 Å². The number of hydrogen-bond acceptors (Lipinski definition) is 7. The van der Waals surface area contributed by atoms with Crippen LogP contribution in [0.5, 0.6) is 5.75 Å². The number of nitrogens with zero attached hydrogens (tertiary/aromatic N) is 4. The van der Waals surface area contributed by atoms with Crippen molar-refractivity contribution in [1.29, 1.82) is 10.5 Å². The van der Waals surface area contributed by atoms with E-state index in [1.807, 2.05) is 24.3 Å². The summed E-state index contributed by atoms with van der Waals surface area (Å²) in [7, 11) is 0. The van der Waals surface area contributed by atoms with Gasteiger partial charge < -0.3 is 9.84 Å². The second kappa shape index (κ2) is 9.61. The van der Waals surface area contributed by atoms with Gasteiger partial charge in [-0.1, -0.05) is 18.2 Å². The lowest BCUT2D eigenvalue weighted by Crippen LogP contribution is -2.04. The molecule has 1 aliphatic rings. The fourth-order valence-corrected chi connectivity index (χ4v) is 4.29. The predicted molar refractivity (Wildman–Crippen MR) is 117 cm³/mol. The zero-order chi connectivity index (χ0) is 21.6. The highest BCUT2D eigenvalue weighted by Gasteiger charge is 2.32. The molecular formula is C24H20N4O2S. The van der Waals surface area contributed by atoms with Gasteiger partial charge in [-0.15, -0.1) is 11.8 Å². The highest BCUT2D eigenvalue weighted by atomic mass is 32.2. The maximum atomic E-state index is 10.0. The molecule has 1 N–H and O–H groups in total. The van der Waals surface area contributed by atoms with Crippen molar-refractivity contribution in [1.82, 2.24) is 9.97 Å². The molecule has 0 spiro atoms. The van der Waals surface area contributed by atoms with E-state index in [-0.39, 0.29) is 19.1 Å². The third-order valence-corrected chi connectivity index (χ3v) is 6.03. The molecule has 1 fully saturated rings. The third kappa shape index (κ3) is 4.69. The van der Waals surface area contributed by atoms with Gasteiger partial charge in [0.1, 0.15) is 29.5 Å². The van der Waals surface area contributed by atoms with Crippen LogP contribution in [0.2, 0.25) is 0 Å². The number of thioether (sulfide) groups is 1. The number of rotatable bonds is 8. The molecule has 0 saturated heterocycles. The summed E-state index contributed by atoms with van der Waals surface area (Å²) in [6.07, 6.45) is 5.55. The van der Waals surface area contributed by atoms with E-state index in [4.69, 9.17) is 14.8 Å². The van der Waals surface area contributed by atoms with Crippen molar-refractivity contribution in [3.05, 3.63) is 71.2 Å². The molecule has 0 bridgehead atoms. The first-order chi connectivity index (χ1) is 15.2. The Morgan fingerprint density at radius 1 is 1.10 bits per heavy atom. The maximum Gasteiger partial charge on any atom is 0.119 e. The monoisotopic (exact) mass is 428 g/mol. The first kappa shape index (κ1) is 20.9. The summed E-state index contributed by atoms with van der Waals surface area (Å²) in [5.41, 5.74) is 4.13. The molecule has 0 atom stereocenters. The summed E-state index contributed by atoms with van der Waals surface area (Å²) in [6, 6.07) is 15.7. The molecule has 1 aliphatic carbocycles. The summed E-state index contributed by atoms with van der Waals surface area (Å²) in [5.74, 6) is 1.53. The van der Waals surface area contributed by atoms with Gasteiger partial charge in [-0.05, 0) is 42.2 Å². The SMILES string of the molecule is N#Cc1c(SCc2cccnc2)nc(C2CC2)c(C#N)c1-c1ccc(OCCO)cc1. The quantitative estimate of drug-likeness (QED) is 0.530. The lowest BCUT2D eigenvalue weighted by Gasteiger charge is -2.15. The fourth-order valence-electron chi connectivity index (χ4n) is 3.36. The van der Waals surface area contributed by atoms with Gasteiger partial charge in [0, 0.05) is 29.6 Å². The Morgan fingerprint density at radius 3 is 2.48 bits per heavy atom. The van der Waals surface area contributed by atoms with Crippen LogP contribution in [0.1, 0.15) is 41.1 Å². The first-order valence-electron chi connectivity index (χ1n) is 9.99. The van der Waals surface area contributed by atoms with Crippen LogP contribution in [-0.2, 0) is 5.75 Å². The van der Waals surface area contributed by atoms with E-state index in [1.54, 1.807) is 24.5 Å². The van der Waals surface area contributed by atoms with Gasteiger partial charge >= 0.3 is 0 Å². The van der Waals surface area contributed by atoms with Crippen molar-refractivity contribution in [3.63, 3.8) is 0 Å². The van der Waals surface area contributed by atoms with Gasteiger partial charge in [0.15, 0.2) is 0 Å². The predicted octanol–water partition coefficient (Wildman–Crippen LogP) is 4.43. The van der Waals surface area contributed by atoms with E-state index < -0.39 is 0 Å². The molecule has 0 radical (unpaired) electrons. The Bertz CT molecular complexity index is 1150. The van der Waals surface area contributed by atoms with E-state index >= 15 is 0 Å². The molecule has 0 amide bonds. The lowest BCUT2D eigenvalue weighted by molar-refractivity contribution is 0.201. The zero-order valence-corrected chi connectivity index (χ0v) is 17.6. The average molecular weight is 429 g/mol. The smallest absolute Gasteiger partial charge is 0.119 e. The van der Waals surface area contributed by atoms with E-state index in [0.29, 0.717) is 33.2 Å². The van der Waals surface area contributed by atoms with E-state index in [9.17, 15) is 10.5 Å². The normalized spacial score (nSPS) is 12.7. The van der Waals surface area contributed by atoms with Crippen LogP contribution >= 0.6 is 11.8 Å². The number of aliphatic hydroxyl groups is 1. The Labute approximate surface area is 185 Å². The van der Waals surface area contributed by atoms with Gasteiger partial charge in [-0.2, -0.15) is 10.5 Å². The molecule has 2 aromatic heterocycles. The molecule has 2 heterocycles.